The molecule has 0 atom stereocenters. The van der Waals surface area contributed by atoms with Crippen LogP contribution in [0.4, 0.5) is 0 Å². The predicted molar refractivity (Wildman–Crippen MR) is 81.4 cm³/mol. The van der Waals surface area contributed by atoms with Crippen LogP contribution in [0.1, 0.15) is 40.9 Å². The molecule has 0 radical (unpaired) electrons. The normalized spacial score (nSPS) is 10.6. The lowest BCUT2D eigenvalue weighted by atomic mass is 10.1. The number of aromatic nitrogens is 1. The second-order valence-corrected chi connectivity index (χ2v) is 6.28. The summed E-state index contributed by atoms with van der Waals surface area (Å²) < 4.78 is 5.70. The Bertz CT molecular complexity index is 658. The zero-order valence-corrected chi connectivity index (χ0v) is 13.2. The Hall–Kier alpha value is -1.57. The molecule has 0 saturated heterocycles. The van der Waals surface area contributed by atoms with E-state index in [4.69, 9.17) is 21.6 Å². The molecule has 2 rings (SSSR count). The van der Waals surface area contributed by atoms with E-state index in [2.05, 4.69) is 11.1 Å². The molecule has 0 spiro atoms. The van der Waals surface area contributed by atoms with Gasteiger partial charge in [0, 0.05) is 5.02 Å². The Kier molecular flexibility index (Phi) is 4.64. The van der Waals surface area contributed by atoms with Crippen molar-refractivity contribution < 1.29 is 4.74 Å². The molecular weight excluding hydrogens is 292 g/mol. The number of benzene rings is 1. The minimum absolute atomic E-state index is 0.243. The summed E-state index contributed by atoms with van der Waals surface area (Å²) in [4.78, 5) is 5.15. The molecule has 20 heavy (non-hydrogen) atoms. The van der Waals surface area contributed by atoms with Crippen molar-refractivity contribution in [3.8, 4) is 11.8 Å². The van der Waals surface area contributed by atoms with Crippen molar-refractivity contribution in [2.45, 2.75) is 33.3 Å². The summed E-state index contributed by atoms with van der Waals surface area (Å²) >= 11 is 7.36. The van der Waals surface area contributed by atoms with Crippen LogP contribution >= 0.6 is 22.9 Å². The molecule has 1 heterocycles. The smallest absolute Gasteiger partial charge is 0.140 e. The van der Waals surface area contributed by atoms with Crippen LogP contribution in [0.25, 0.3) is 0 Å². The van der Waals surface area contributed by atoms with Crippen molar-refractivity contribution in [1.82, 2.24) is 4.98 Å². The fourth-order valence-corrected chi connectivity index (χ4v) is 2.81. The van der Waals surface area contributed by atoms with Crippen LogP contribution in [0.5, 0.6) is 5.75 Å². The SMILES string of the molecule is Cc1cc(OCc2nc(C(C)C)c(C#N)s2)ccc1Cl. The highest BCUT2D eigenvalue weighted by Crippen LogP contribution is 2.26. The number of hydrogen-bond acceptors (Lipinski definition) is 4. The van der Waals surface area contributed by atoms with Gasteiger partial charge in [-0.1, -0.05) is 25.4 Å². The van der Waals surface area contributed by atoms with Crippen LogP contribution in [0, 0.1) is 18.3 Å². The van der Waals surface area contributed by atoms with Gasteiger partial charge in [-0.15, -0.1) is 11.3 Å². The van der Waals surface area contributed by atoms with E-state index in [0.717, 1.165) is 27.0 Å². The minimum atomic E-state index is 0.243. The average molecular weight is 307 g/mol. The second kappa shape index (κ2) is 6.25. The summed E-state index contributed by atoms with van der Waals surface area (Å²) in [5, 5.41) is 10.6. The van der Waals surface area contributed by atoms with Crippen LogP contribution in [0.15, 0.2) is 18.2 Å². The molecule has 0 aliphatic carbocycles. The first-order valence-electron chi connectivity index (χ1n) is 6.30. The van der Waals surface area contributed by atoms with Gasteiger partial charge in [-0.3, -0.25) is 0 Å². The zero-order valence-electron chi connectivity index (χ0n) is 11.6. The quantitative estimate of drug-likeness (QED) is 0.824. The third kappa shape index (κ3) is 3.30. The average Bonchev–Trinajstić information content (AvgIpc) is 2.84. The number of hydrogen-bond donors (Lipinski definition) is 0. The van der Waals surface area contributed by atoms with Gasteiger partial charge in [0.25, 0.3) is 0 Å². The summed E-state index contributed by atoms with van der Waals surface area (Å²) in [6, 6.07) is 7.73. The highest BCUT2D eigenvalue weighted by molar-refractivity contribution is 7.12. The fraction of sp³-hybridized carbons (Fsp3) is 0.333. The number of rotatable bonds is 4. The van der Waals surface area contributed by atoms with E-state index in [1.165, 1.54) is 11.3 Å². The van der Waals surface area contributed by atoms with E-state index in [1.54, 1.807) is 0 Å². The standard InChI is InChI=1S/C15H15ClN2OS/c1-9(2)15-13(7-17)20-14(18-15)8-19-11-4-5-12(16)10(3)6-11/h4-6,9H,8H2,1-3H3. The maximum Gasteiger partial charge on any atom is 0.140 e. The Morgan fingerprint density at radius 3 is 2.75 bits per heavy atom. The first kappa shape index (κ1) is 14.8. The van der Waals surface area contributed by atoms with Crippen LogP contribution in [-0.2, 0) is 6.61 Å². The molecule has 0 aliphatic heterocycles. The van der Waals surface area contributed by atoms with Crippen LogP contribution in [0.3, 0.4) is 0 Å². The van der Waals surface area contributed by atoms with Crippen molar-refractivity contribution in [3.05, 3.63) is 44.4 Å². The minimum Gasteiger partial charge on any atom is -0.486 e. The van der Waals surface area contributed by atoms with Crippen molar-refractivity contribution in [3.63, 3.8) is 0 Å². The number of nitrogens with zero attached hydrogens (tertiary/aromatic N) is 2. The Balaban J connectivity index is 2.11. The molecular formula is C15H15ClN2OS. The molecule has 0 saturated carbocycles. The lowest BCUT2D eigenvalue weighted by molar-refractivity contribution is 0.305. The highest BCUT2D eigenvalue weighted by atomic mass is 35.5. The summed E-state index contributed by atoms with van der Waals surface area (Å²) in [6.45, 7) is 6.36. The van der Waals surface area contributed by atoms with Gasteiger partial charge >= 0.3 is 0 Å². The molecule has 0 amide bonds. The molecule has 104 valence electrons. The van der Waals surface area contributed by atoms with Crippen molar-refractivity contribution in [2.75, 3.05) is 0 Å². The van der Waals surface area contributed by atoms with Gasteiger partial charge in [-0.25, -0.2) is 4.98 Å². The topological polar surface area (TPSA) is 45.9 Å². The number of thiazole rings is 1. The lowest BCUT2D eigenvalue weighted by Gasteiger charge is -2.05. The van der Waals surface area contributed by atoms with Gasteiger partial charge < -0.3 is 4.74 Å². The maximum absolute atomic E-state index is 9.10. The molecule has 1 aromatic heterocycles. The van der Waals surface area contributed by atoms with E-state index < -0.39 is 0 Å². The van der Waals surface area contributed by atoms with Gasteiger partial charge in [0.05, 0.1) is 5.69 Å². The van der Waals surface area contributed by atoms with Crippen LogP contribution < -0.4 is 4.74 Å². The van der Waals surface area contributed by atoms with E-state index in [1.807, 2.05) is 39.0 Å². The van der Waals surface area contributed by atoms with Crippen LogP contribution in [-0.4, -0.2) is 4.98 Å². The number of ether oxygens (including phenoxy) is 1. The molecule has 2 aromatic rings. The number of nitriles is 1. The molecule has 3 nitrogen and oxygen atoms in total. The Morgan fingerprint density at radius 2 is 2.20 bits per heavy atom. The molecule has 0 fully saturated rings. The van der Waals surface area contributed by atoms with Gasteiger partial charge in [-0.2, -0.15) is 5.26 Å². The van der Waals surface area contributed by atoms with Gasteiger partial charge in [-0.05, 0) is 36.6 Å². The summed E-state index contributed by atoms with van der Waals surface area (Å²) in [5.41, 5.74) is 1.83. The monoisotopic (exact) mass is 306 g/mol. The fourth-order valence-electron chi connectivity index (χ4n) is 1.76. The number of aryl methyl sites for hydroxylation is 1. The molecule has 0 bridgehead atoms. The summed E-state index contributed by atoms with van der Waals surface area (Å²) in [7, 11) is 0. The largest absolute Gasteiger partial charge is 0.486 e. The lowest BCUT2D eigenvalue weighted by Crippen LogP contribution is -1.96. The molecule has 1 aromatic carbocycles. The van der Waals surface area contributed by atoms with Crippen molar-refractivity contribution in [1.29, 1.82) is 5.26 Å². The maximum atomic E-state index is 9.10. The molecule has 5 heteroatoms. The highest BCUT2D eigenvalue weighted by Gasteiger charge is 2.14. The first-order chi connectivity index (χ1) is 9.51. The summed E-state index contributed by atoms with van der Waals surface area (Å²) in [6.07, 6.45) is 0. The van der Waals surface area contributed by atoms with Crippen LogP contribution in [0.2, 0.25) is 5.02 Å². The van der Waals surface area contributed by atoms with E-state index in [9.17, 15) is 0 Å². The van der Waals surface area contributed by atoms with Gasteiger partial charge in [0.2, 0.25) is 0 Å². The zero-order chi connectivity index (χ0) is 14.7. The first-order valence-corrected chi connectivity index (χ1v) is 7.49. The van der Waals surface area contributed by atoms with Gasteiger partial charge in [0.1, 0.15) is 28.3 Å². The molecule has 0 unspecified atom stereocenters. The van der Waals surface area contributed by atoms with Gasteiger partial charge in [0.15, 0.2) is 0 Å². The molecule has 0 aliphatic rings. The van der Waals surface area contributed by atoms with Crippen molar-refractivity contribution in [2.24, 2.45) is 0 Å². The summed E-state index contributed by atoms with van der Waals surface area (Å²) in [5.74, 6) is 0.999. The van der Waals surface area contributed by atoms with E-state index >= 15 is 0 Å². The third-order valence-electron chi connectivity index (χ3n) is 2.84. The predicted octanol–water partition coefficient (Wildman–Crippen LogP) is 4.68. The van der Waals surface area contributed by atoms with E-state index in [-0.39, 0.29) is 5.92 Å². The third-order valence-corrected chi connectivity index (χ3v) is 4.21. The van der Waals surface area contributed by atoms with Crippen molar-refractivity contribution >= 4 is 22.9 Å². The second-order valence-electron chi connectivity index (χ2n) is 4.79. The Morgan fingerprint density at radius 1 is 1.45 bits per heavy atom. The number of halogens is 1. The molecule has 0 N–H and O–H groups in total. The Labute approximate surface area is 127 Å². The van der Waals surface area contributed by atoms with E-state index in [0.29, 0.717) is 11.5 Å².